The van der Waals surface area contributed by atoms with Gasteiger partial charge in [-0.25, -0.2) is 4.98 Å². The van der Waals surface area contributed by atoms with Crippen molar-refractivity contribution in [1.82, 2.24) is 4.98 Å². The summed E-state index contributed by atoms with van der Waals surface area (Å²) >= 11 is 9.64. The van der Waals surface area contributed by atoms with E-state index in [1.165, 1.54) is 19.3 Å². The van der Waals surface area contributed by atoms with E-state index in [-0.39, 0.29) is 0 Å². The van der Waals surface area contributed by atoms with Crippen LogP contribution < -0.4 is 4.90 Å². The van der Waals surface area contributed by atoms with E-state index >= 15 is 0 Å². The number of rotatable bonds is 1. The maximum absolute atomic E-state index is 6.26. The Labute approximate surface area is 110 Å². The molecule has 2 atom stereocenters. The SMILES string of the molecule is CC1CCCC(C)N1c1ncc(Br)cc1Cl. The Hall–Kier alpha value is -0.280. The van der Waals surface area contributed by atoms with E-state index in [1.54, 1.807) is 0 Å². The molecule has 4 heteroatoms. The second-order valence-corrected chi connectivity index (χ2v) is 5.82. The number of halogens is 2. The third kappa shape index (κ3) is 2.35. The van der Waals surface area contributed by atoms with Crippen molar-refractivity contribution in [3.8, 4) is 0 Å². The molecule has 1 saturated heterocycles. The Balaban J connectivity index is 2.34. The van der Waals surface area contributed by atoms with Crippen molar-refractivity contribution in [3.05, 3.63) is 21.8 Å². The molecule has 0 saturated carbocycles. The molecule has 0 amide bonds. The molecule has 0 radical (unpaired) electrons. The molecule has 0 aromatic carbocycles. The summed E-state index contributed by atoms with van der Waals surface area (Å²) < 4.78 is 0.929. The minimum absolute atomic E-state index is 0.523. The van der Waals surface area contributed by atoms with Crippen molar-refractivity contribution in [1.29, 1.82) is 0 Å². The maximum Gasteiger partial charge on any atom is 0.147 e. The fraction of sp³-hybridized carbons (Fsp3) is 0.583. The molecule has 16 heavy (non-hydrogen) atoms. The average molecular weight is 304 g/mol. The first-order chi connectivity index (χ1) is 7.59. The molecule has 1 aliphatic rings. The number of hydrogen-bond acceptors (Lipinski definition) is 2. The van der Waals surface area contributed by atoms with Gasteiger partial charge >= 0.3 is 0 Å². The van der Waals surface area contributed by atoms with Crippen LogP contribution in [0.25, 0.3) is 0 Å². The van der Waals surface area contributed by atoms with E-state index in [0.29, 0.717) is 12.1 Å². The molecule has 88 valence electrons. The Kier molecular flexibility index (Phi) is 3.75. The lowest BCUT2D eigenvalue weighted by molar-refractivity contribution is 0.411. The third-order valence-electron chi connectivity index (χ3n) is 3.23. The van der Waals surface area contributed by atoms with Crippen LogP contribution in [0, 0.1) is 0 Å². The molecule has 2 nitrogen and oxygen atoms in total. The van der Waals surface area contributed by atoms with Gasteiger partial charge in [0.25, 0.3) is 0 Å². The molecule has 2 heterocycles. The lowest BCUT2D eigenvalue weighted by Crippen LogP contribution is -2.44. The van der Waals surface area contributed by atoms with Crippen molar-refractivity contribution in [2.24, 2.45) is 0 Å². The largest absolute Gasteiger partial charge is 0.350 e. The minimum atomic E-state index is 0.523. The van der Waals surface area contributed by atoms with Crippen molar-refractivity contribution < 1.29 is 0 Å². The second-order valence-electron chi connectivity index (χ2n) is 4.50. The highest BCUT2D eigenvalue weighted by Crippen LogP contribution is 2.33. The van der Waals surface area contributed by atoms with E-state index in [1.807, 2.05) is 12.3 Å². The molecule has 1 aliphatic heterocycles. The average Bonchev–Trinajstić information content (AvgIpc) is 2.20. The van der Waals surface area contributed by atoms with Crippen LogP contribution >= 0.6 is 27.5 Å². The van der Waals surface area contributed by atoms with Gasteiger partial charge in [0, 0.05) is 22.8 Å². The zero-order chi connectivity index (χ0) is 11.7. The standard InChI is InChI=1S/C12H16BrClN2/c1-8-4-3-5-9(2)16(8)12-11(14)6-10(13)7-15-12/h6-9H,3-5H2,1-2H3. The van der Waals surface area contributed by atoms with Crippen LogP contribution in [0.4, 0.5) is 5.82 Å². The van der Waals surface area contributed by atoms with Gasteiger partial charge in [0.15, 0.2) is 0 Å². The van der Waals surface area contributed by atoms with Crippen LogP contribution in [-0.2, 0) is 0 Å². The van der Waals surface area contributed by atoms with E-state index < -0.39 is 0 Å². The van der Waals surface area contributed by atoms with Crippen LogP contribution in [0.15, 0.2) is 16.7 Å². The van der Waals surface area contributed by atoms with Gasteiger partial charge in [0.1, 0.15) is 5.82 Å². The summed E-state index contributed by atoms with van der Waals surface area (Å²) in [5, 5.41) is 0.731. The molecule has 0 N–H and O–H groups in total. The molecule has 1 aromatic rings. The Bertz CT molecular complexity index is 373. The molecular formula is C12H16BrClN2. The third-order valence-corrected chi connectivity index (χ3v) is 3.94. The first-order valence-electron chi connectivity index (χ1n) is 5.69. The number of pyridine rings is 1. The lowest BCUT2D eigenvalue weighted by atomic mass is 9.97. The molecule has 0 spiro atoms. The fourth-order valence-corrected chi connectivity index (χ4v) is 3.16. The quantitative estimate of drug-likeness (QED) is 0.770. The molecule has 1 aromatic heterocycles. The molecule has 0 aliphatic carbocycles. The second kappa shape index (κ2) is 4.92. The highest BCUT2D eigenvalue weighted by Gasteiger charge is 2.27. The van der Waals surface area contributed by atoms with Gasteiger partial charge in [-0.3, -0.25) is 0 Å². The maximum atomic E-state index is 6.26. The highest BCUT2D eigenvalue weighted by atomic mass is 79.9. The zero-order valence-corrected chi connectivity index (χ0v) is 11.9. The van der Waals surface area contributed by atoms with Gasteiger partial charge in [-0.05, 0) is 55.1 Å². The number of aromatic nitrogens is 1. The predicted octanol–water partition coefficient (Wildman–Crippen LogP) is 4.26. The number of piperidine rings is 1. The van der Waals surface area contributed by atoms with E-state index in [0.717, 1.165) is 15.3 Å². The van der Waals surface area contributed by atoms with E-state index in [9.17, 15) is 0 Å². The van der Waals surface area contributed by atoms with Gasteiger partial charge in [-0.15, -0.1) is 0 Å². The first-order valence-corrected chi connectivity index (χ1v) is 6.86. The minimum Gasteiger partial charge on any atom is -0.350 e. The van der Waals surface area contributed by atoms with Crippen LogP contribution in [-0.4, -0.2) is 17.1 Å². The number of nitrogens with zero attached hydrogens (tertiary/aromatic N) is 2. The van der Waals surface area contributed by atoms with Crippen molar-refractivity contribution in [3.63, 3.8) is 0 Å². The van der Waals surface area contributed by atoms with Gasteiger partial charge in [-0.1, -0.05) is 11.6 Å². The summed E-state index contributed by atoms with van der Waals surface area (Å²) in [7, 11) is 0. The highest BCUT2D eigenvalue weighted by molar-refractivity contribution is 9.10. The lowest BCUT2D eigenvalue weighted by Gasteiger charge is -2.40. The smallest absolute Gasteiger partial charge is 0.147 e. The monoisotopic (exact) mass is 302 g/mol. The first kappa shape index (κ1) is 12.2. The van der Waals surface area contributed by atoms with Crippen LogP contribution in [0.2, 0.25) is 5.02 Å². The Morgan fingerprint density at radius 1 is 1.38 bits per heavy atom. The fourth-order valence-electron chi connectivity index (χ4n) is 2.44. The van der Waals surface area contributed by atoms with Crippen LogP contribution in [0.3, 0.4) is 0 Å². The summed E-state index contributed by atoms with van der Waals surface area (Å²) in [6.45, 7) is 4.49. The zero-order valence-electron chi connectivity index (χ0n) is 9.58. The summed E-state index contributed by atoms with van der Waals surface area (Å²) in [6.07, 6.45) is 5.55. The van der Waals surface area contributed by atoms with Gasteiger partial charge in [0.2, 0.25) is 0 Å². The number of anilines is 1. The molecule has 0 bridgehead atoms. The number of hydrogen-bond donors (Lipinski definition) is 0. The Morgan fingerprint density at radius 2 is 2.00 bits per heavy atom. The van der Waals surface area contributed by atoms with Crippen molar-refractivity contribution in [2.45, 2.75) is 45.2 Å². The Morgan fingerprint density at radius 3 is 2.56 bits per heavy atom. The van der Waals surface area contributed by atoms with Crippen LogP contribution in [0.1, 0.15) is 33.1 Å². The normalized spacial score (nSPS) is 25.9. The van der Waals surface area contributed by atoms with Crippen LogP contribution in [0.5, 0.6) is 0 Å². The van der Waals surface area contributed by atoms with E-state index in [4.69, 9.17) is 11.6 Å². The summed E-state index contributed by atoms with van der Waals surface area (Å²) in [5.74, 6) is 0.921. The van der Waals surface area contributed by atoms with Gasteiger partial charge in [-0.2, -0.15) is 0 Å². The summed E-state index contributed by atoms with van der Waals surface area (Å²) in [5.41, 5.74) is 0. The molecule has 2 rings (SSSR count). The summed E-state index contributed by atoms with van der Waals surface area (Å²) in [4.78, 5) is 6.79. The molecular weight excluding hydrogens is 288 g/mol. The van der Waals surface area contributed by atoms with Crippen molar-refractivity contribution >= 4 is 33.3 Å². The predicted molar refractivity (Wildman–Crippen MR) is 72.2 cm³/mol. The topological polar surface area (TPSA) is 16.1 Å². The van der Waals surface area contributed by atoms with Gasteiger partial charge in [0.05, 0.1) is 5.02 Å². The summed E-state index contributed by atoms with van der Waals surface area (Å²) in [6, 6.07) is 2.96. The molecule has 2 unspecified atom stereocenters. The van der Waals surface area contributed by atoms with E-state index in [2.05, 4.69) is 39.7 Å². The molecule has 1 fully saturated rings. The van der Waals surface area contributed by atoms with Gasteiger partial charge < -0.3 is 4.90 Å². The van der Waals surface area contributed by atoms with Crippen molar-refractivity contribution in [2.75, 3.05) is 4.90 Å².